The van der Waals surface area contributed by atoms with Gasteiger partial charge >= 0.3 is 0 Å². The fourth-order valence-corrected chi connectivity index (χ4v) is 4.97. The van der Waals surface area contributed by atoms with Gasteiger partial charge in [0.1, 0.15) is 0 Å². The molecule has 1 fully saturated rings. The molecule has 2 aliphatic rings. The van der Waals surface area contributed by atoms with Gasteiger partial charge in [-0.1, -0.05) is 11.6 Å². The van der Waals surface area contributed by atoms with E-state index < -0.39 is 9.84 Å². The third kappa shape index (κ3) is 7.76. The highest BCUT2D eigenvalue weighted by molar-refractivity contribution is 7.91. The SMILES string of the molecule is CCNC(=NCCC(=O)NC1CCS(=O)(=O)C1)NCCC1=CCCCC1. The van der Waals surface area contributed by atoms with Crippen LogP contribution in [0.15, 0.2) is 16.6 Å². The summed E-state index contributed by atoms with van der Waals surface area (Å²) in [7, 11) is -2.97. The van der Waals surface area contributed by atoms with Crippen LogP contribution in [0.2, 0.25) is 0 Å². The molecule has 0 aromatic carbocycles. The van der Waals surface area contributed by atoms with Crippen LogP contribution < -0.4 is 16.0 Å². The van der Waals surface area contributed by atoms with E-state index in [-0.39, 0.29) is 29.9 Å². The van der Waals surface area contributed by atoms with E-state index in [1.54, 1.807) is 0 Å². The van der Waals surface area contributed by atoms with Crippen molar-refractivity contribution in [1.82, 2.24) is 16.0 Å². The Labute approximate surface area is 157 Å². The van der Waals surface area contributed by atoms with Crippen molar-refractivity contribution in [2.45, 2.75) is 57.9 Å². The van der Waals surface area contributed by atoms with Crippen molar-refractivity contribution in [2.75, 3.05) is 31.1 Å². The summed E-state index contributed by atoms with van der Waals surface area (Å²) >= 11 is 0. The molecule has 7 nitrogen and oxygen atoms in total. The number of aliphatic imine (C=N–C) groups is 1. The molecule has 0 saturated carbocycles. The highest BCUT2D eigenvalue weighted by Crippen LogP contribution is 2.19. The molecular weight excluding hydrogens is 352 g/mol. The maximum atomic E-state index is 11.9. The second-order valence-corrected chi connectivity index (χ2v) is 9.19. The average Bonchev–Trinajstić information content (AvgIpc) is 2.94. The number of nitrogens with one attached hydrogen (secondary N) is 3. The number of amides is 1. The van der Waals surface area contributed by atoms with E-state index in [1.807, 2.05) is 6.92 Å². The molecule has 3 N–H and O–H groups in total. The van der Waals surface area contributed by atoms with Crippen LogP contribution in [0, 0.1) is 0 Å². The summed E-state index contributed by atoms with van der Waals surface area (Å²) < 4.78 is 22.8. The first-order chi connectivity index (χ1) is 12.5. The standard InChI is InChI=1S/C18H32N4O3S/c1-2-19-18(20-11-8-15-6-4-3-5-7-15)21-12-9-17(23)22-16-10-13-26(24,25)14-16/h6,16H,2-5,7-14H2,1H3,(H,22,23)(H2,19,20,21). The van der Waals surface area contributed by atoms with Crippen molar-refractivity contribution < 1.29 is 13.2 Å². The molecule has 2 rings (SSSR count). The molecule has 1 heterocycles. The first-order valence-electron chi connectivity index (χ1n) is 9.68. The lowest BCUT2D eigenvalue weighted by Gasteiger charge is -2.15. The van der Waals surface area contributed by atoms with Crippen LogP contribution in [0.5, 0.6) is 0 Å². The Bertz CT molecular complexity index is 628. The van der Waals surface area contributed by atoms with E-state index in [1.165, 1.54) is 31.3 Å². The van der Waals surface area contributed by atoms with Crippen molar-refractivity contribution in [2.24, 2.45) is 4.99 Å². The predicted octanol–water partition coefficient (Wildman–Crippen LogP) is 1.13. The molecule has 0 aromatic rings. The Morgan fingerprint density at radius 1 is 1.31 bits per heavy atom. The van der Waals surface area contributed by atoms with Gasteiger partial charge in [-0.3, -0.25) is 9.79 Å². The molecule has 0 aromatic heterocycles. The molecule has 148 valence electrons. The molecule has 8 heteroatoms. The minimum absolute atomic E-state index is 0.0576. The molecule has 1 amide bonds. The largest absolute Gasteiger partial charge is 0.357 e. The molecule has 0 radical (unpaired) electrons. The molecule has 0 bridgehead atoms. The fraction of sp³-hybridized carbons (Fsp3) is 0.778. The molecule has 1 atom stereocenters. The van der Waals surface area contributed by atoms with Gasteiger partial charge in [0.05, 0.1) is 18.1 Å². The second kappa shape index (κ2) is 10.5. The van der Waals surface area contributed by atoms with Crippen molar-refractivity contribution in [3.63, 3.8) is 0 Å². The first kappa shape index (κ1) is 20.7. The number of guanidine groups is 1. The highest BCUT2D eigenvalue weighted by atomic mass is 32.2. The summed E-state index contributed by atoms with van der Waals surface area (Å²) in [6.45, 7) is 3.99. The Hall–Kier alpha value is -1.57. The zero-order chi connectivity index (χ0) is 18.8. The fourth-order valence-electron chi connectivity index (χ4n) is 3.29. The van der Waals surface area contributed by atoms with E-state index in [2.05, 4.69) is 27.0 Å². The summed E-state index contributed by atoms with van der Waals surface area (Å²) in [5, 5.41) is 9.29. The van der Waals surface area contributed by atoms with Gasteiger partial charge in [-0.2, -0.15) is 0 Å². The lowest BCUT2D eigenvalue weighted by Crippen LogP contribution is -2.38. The Morgan fingerprint density at radius 2 is 2.15 bits per heavy atom. The van der Waals surface area contributed by atoms with Crippen molar-refractivity contribution in [3.05, 3.63) is 11.6 Å². The molecule has 0 spiro atoms. The van der Waals surface area contributed by atoms with Crippen LogP contribution in [0.4, 0.5) is 0 Å². The normalized spacial score (nSPS) is 22.6. The minimum Gasteiger partial charge on any atom is -0.357 e. The number of hydrogen-bond acceptors (Lipinski definition) is 4. The van der Waals surface area contributed by atoms with Crippen molar-refractivity contribution in [3.8, 4) is 0 Å². The third-order valence-electron chi connectivity index (χ3n) is 4.67. The van der Waals surface area contributed by atoms with Crippen molar-refractivity contribution >= 4 is 21.7 Å². The quantitative estimate of drug-likeness (QED) is 0.331. The lowest BCUT2D eigenvalue weighted by molar-refractivity contribution is -0.121. The summed E-state index contributed by atoms with van der Waals surface area (Å²) in [4.78, 5) is 16.4. The predicted molar refractivity (Wildman–Crippen MR) is 105 cm³/mol. The van der Waals surface area contributed by atoms with E-state index in [0.717, 1.165) is 25.5 Å². The van der Waals surface area contributed by atoms with Crippen LogP contribution in [-0.2, 0) is 14.6 Å². The number of rotatable bonds is 8. The third-order valence-corrected chi connectivity index (χ3v) is 6.44. The first-order valence-corrected chi connectivity index (χ1v) is 11.5. The van der Waals surface area contributed by atoms with E-state index in [0.29, 0.717) is 13.0 Å². The van der Waals surface area contributed by atoms with E-state index in [4.69, 9.17) is 0 Å². The number of sulfone groups is 1. The molecule has 1 aliphatic carbocycles. The summed E-state index contributed by atoms with van der Waals surface area (Å²) in [6.07, 6.45) is 9.14. The number of allylic oxidation sites excluding steroid dienone is 1. The van der Waals surface area contributed by atoms with Gasteiger partial charge < -0.3 is 16.0 Å². The smallest absolute Gasteiger partial charge is 0.222 e. The van der Waals surface area contributed by atoms with Gasteiger partial charge in [-0.15, -0.1) is 0 Å². The monoisotopic (exact) mass is 384 g/mol. The van der Waals surface area contributed by atoms with E-state index >= 15 is 0 Å². The van der Waals surface area contributed by atoms with E-state index in [9.17, 15) is 13.2 Å². The van der Waals surface area contributed by atoms with Gasteiger partial charge in [-0.25, -0.2) is 8.42 Å². The van der Waals surface area contributed by atoms with Gasteiger partial charge in [0.15, 0.2) is 15.8 Å². The summed E-state index contributed by atoms with van der Waals surface area (Å²) in [5.74, 6) is 0.808. The van der Waals surface area contributed by atoms with Crippen molar-refractivity contribution in [1.29, 1.82) is 0 Å². The zero-order valence-corrected chi connectivity index (χ0v) is 16.5. The van der Waals surface area contributed by atoms with Gasteiger partial charge in [0.2, 0.25) is 5.91 Å². The summed E-state index contributed by atoms with van der Waals surface area (Å²) in [5.41, 5.74) is 1.52. The number of hydrogen-bond donors (Lipinski definition) is 3. The minimum atomic E-state index is -2.97. The molecule has 1 aliphatic heterocycles. The number of nitrogens with zero attached hydrogens (tertiary/aromatic N) is 1. The van der Waals surface area contributed by atoms with Gasteiger partial charge in [-0.05, 0) is 45.4 Å². The van der Waals surface area contributed by atoms with Crippen LogP contribution >= 0.6 is 0 Å². The molecule has 26 heavy (non-hydrogen) atoms. The molecular formula is C18H32N4O3S. The Kier molecular flexibility index (Phi) is 8.41. The van der Waals surface area contributed by atoms with Crippen LogP contribution in [0.3, 0.4) is 0 Å². The van der Waals surface area contributed by atoms with Crippen LogP contribution in [0.1, 0.15) is 51.9 Å². The lowest BCUT2D eigenvalue weighted by atomic mass is 9.97. The Morgan fingerprint density at radius 3 is 2.81 bits per heavy atom. The van der Waals surface area contributed by atoms with Crippen LogP contribution in [0.25, 0.3) is 0 Å². The maximum Gasteiger partial charge on any atom is 0.222 e. The average molecular weight is 385 g/mol. The summed E-state index contributed by atoms with van der Waals surface area (Å²) in [6, 6.07) is -0.244. The second-order valence-electron chi connectivity index (χ2n) is 6.96. The molecule has 1 saturated heterocycles. The number of carbonyl (C=O) groups is 1. The maximum absolute atomic E-state index is 11.9. The Balaban J connectivity index is 1.68. The molecule has 1 unspecified atom stereocenters. The zero-order valence-electron chi connectivity index (χ0n) is 15.7. The topological polar surface area (TPSA) is 99.7 Å². The van der Waals surface area contributed by atoms with Gasteiger partial charge in [0, 0.05) is 25.6 Å². The highest BCUT2D eigenvalue weighted by Gasteiger charge is 2.28. The van der Waals surface area contributed by atoms with Gasteiger partial charge in [0.25, 0.3) is 0 Å². The van der Waals surface area contributed by atoms with Crippen LogP contribution in [-0.4, -0.2) is 57.5 Å². The number of carbonyl (C=O) groups excluding carboxylic acids is 1.